The molecule has 4 aromatic heterocycles. The van der Waals surface area contributed by atoms with Gasteiger partial charge in [-0.3, -0.25) is 11.1 Å². The van der Waals surface area contributed by atoms with Gasteiger partial charge >= 0.3 is 0 Å². The minimum absolute atomic E-state index is 0.246. The Balaban J connectivity index is 0.000000636. The van der Waals surface area contributed by atoms with Crippen LogP contribution in [0.3, 0.4) is 0 Å². The molecule has 12 heteroatoms. The van der Waals surface area contributed by atoms with Gasteiger partial charge in [0, 0.05) is 12.5 Å². The molecule has 1 aromatic carbocycles. The van der Waals surface area contributed by atoms with E-state index in [9.17, 15) is 0 Å². The summed E-state index contributed by atoms with van der Waals surface area (Å²) in [5.41, 5.74) is 15.1. The number of furan rings is 1. The van der Waals surface area contributed by atoms with Crippen LogP contribution in [0.2, 0.25) is 0 Å². The molecule has 0 radical (unpaired) electrons. The van der Waals surface area contributed by atoms with Crippen LogP contribution >= 0.6 is 0 Å². The van der Waals surface area contributed by atoms with Crippen molar-refractivity contribution < 1.29 is 19.7 Å². The quantitative estimate of drug-likeness (QED) is 0.214. The molecule has 0 aliphatic heterocycles. The fraction of sp³-hybridized carbons (Fsp3) is 0.182. The number of fused-ring (bicyclic) bond motifs is 3. The van der Waals surface area contributed by atoms with Crippen molar-refractivity contribution in [2.75, 3.05) is 5.73 Å². The normalized spacial score (nSPS) is 10.9. The standard InChI is InChI=1S/C20H19N9O.C2H4O2/c21-16(22)13-7-5-12(6-8-13)3-1-9-28-18-14(11-24-28)19-25-17(15-4-2-10-30-15)27-29(19)20(23)26-18;1-2(3)4/h2,4-8,10-11H,1,3,9H2,(H3,21,22)(H2,23,26);1H3,(H,3,4). The Labute approximate surface area is 193 Å². The average molecular weight is 461 g/mol. The summed E-state index contributed by atoms with van der Waals surface area (Å²) in [4.78, 5) is 18.0. The van der Waals surface area contributed by atoms with E-state index in [0.717, 1.165) is 30.7 Å². The molecule has 5 aromatic rings. The van der Waals surface area contributed by atoms with Gasteiger partial charge in [-0.05, 0) is 49.6 Å². The van der Waals surface area contributed by atoms with Crippen LogP contribution in [-0.4, -0.2) is 41.2 Å². The Bertz CT molecular complexity index is 1450. The van der Waals surface area contributed by atoms with Crippen LogP contribution in [0.4, 0.5) is 5.95 Å². The SMILES string of the molecule is CC(=O)[O-].NC(=[NH2+])c1ccc(CCCn2ncc3c2nc(N)n2nc(-c4ccco4)nc32)cc1. The number of rotatable bonds is 6. The molecule has 0 bridgehead atoms. The number of carbonyl (C=O) groups is 1. The summed E-state index contributed by atoms with van der Waals surface area (Å²) in [6, 6.07) is 11.5. The van der Waals surface area contributed by atoms with Crippen molar-refractivity contribution in [2.24, 2.45) is 5.73 Å². The molecule has 12 nitrogen and oxygen atoms in total. The number of nitrogen functional groups attached to an aromatic ring is 1. The van der Waals surface area contributed by atoms with E-state index in [-0.39, 0.29) is 5.95 Å². The molecule has 0 atom stereocenters. The Hall–Kier alpha value is -4.74. The number of amidine groups is 1. The molecule has 0 saturated heterocycles. The highest BCUT2D eigenvalue weighted by Gasteiger charge is 2.17. The molecule has 4 heterocycles. The zero-order chi connectivity index (χ0) is 24.2. The van der Waals surface area contributed by atoms with Crippen molar-refractivity contribution in [1.29, 1.82) is 0 Å². The van der Waals surface area contributed by atoms with Crippen LogP contribution in [0.5, 0.6) is 0 Å². The van der Waals surface area contributed by atoms with Crippen LogP contribution in [0, 0.1) is 0 Å². The largest absolute Gasteiger partial charge is 0.550 e. The second kappa shape index (κ2) is 9.40. The number of aliphatic carboxylic acids is 1. The average Bonchev–Trinajstić information content (AvgIpc) is 3.53. The topological polar surface area (TPSA) is 192 Å². The first-order chi connectivity index (χ1) is 16.3. The summed E-state index contributed by atoms with van der Waals surface area (Å²) in [6.45, 7) is 1.66. The number of nitrogens with two attached hydrogens (primary N) is 3. The van der Waals surface area contributed by atoms with Gasteiger partial charge in [0.2, 0.25) is 11.8 Å². The van der Waals surface area contributed by atoms with Gasteiger partial charge in [0.15, 0.2) is 17.1 Å². The molecular formula is C22H23N9O3. The zero-order valence-corrected chi connectivity index (χ0v) is 18.4. The number of benzene rings is 1. The third-order valence-corrected chi connectivity index (χ3v) is 4.96. The van der Waals surface area contributed by atoms with E-state index < -0.39 is 5.97 Å². The maximum absolute atomic E-state index is 8.89. The lowest BCUT2D eigenvalue weighted by atomic mass is 10.1. The van der Waals surface area contributed by atoms with Crippen molar-refractivity contribution in [2.45, 2.75) is 26.3 Å². The number of aryl methyl sites for hydroxylation is 2. The molecule has 0 unspecified atom stereocenters. The molecule has 0 saturated carbocycles. The molecule has 0 amide bonds. The van der Waals surface area contributed by atoms with Gasteiger partial charge in [-0.2, -0.15) is 14.6 Å². The number of nitrogens with zero attached hydrogens (tertiary/aromatic N) is 6. The highest BCUT2D eigenvalue weighted by atomic mass is 16.4. The Morgan fingerprint density at radius 2 is 1.91 bits per heavy atom. The maximum atomic E-state index is 8.89. The minimum Gasteiger partial charge on any atom is -0.550 e. The van der Waals surface area contributed by atoms with Gasteiger partial charge in [0.1, 0.15) is 0 Å². The van der Waals surface area contributed by atoms with Crippen molar-refractivity contribution in [3.63, 3.8) is 0 Å². The van der Waals surface area contributed by atoms with Crippen molar-refractivity contribution in [3.8, 4) is 11.6 Å². The Morgan fingerprint density at radius 3 is 2.56 bits per heavy atom. The molecular weight excluding hydrogens is 438 g/mol. The third kappa shape index (κ3) is 4.70. The van der Waals surface area contributed by atoms with E-state index in [2.05, 4.69) is 20.2 Å². The first-order valence-electron chi connectivity index (χ1n) is 10.4. The third-order valence-electron chi connectivity index (χ3n) is 4.96. The van der Waals surface area contributed by atoms with E-state index in [1.807, 2.05) is 28.9 Å². The van der Waals surface area contributed by atoms with Crippen LogP contribution in [0.15, 0.2) is 53.3 Å². The van der Waals surface area contributed by atoms with E-state index in [1.165, 1.54) is 10.1 Å². The fourth-order valence-corrected chi connectivity index (χ4v) is 3.43. The van der Waals surface area contributed by atoms with Gasteiger partial charge in [-0.1, -0.05) is 12.1 Å². The van der Waals surface area contributed by atoms with Gasteiger partial charge in [-0.25, -0.2) is 9.67 Å². The van der Waals surface area contributed by atoms with E-state index in [1.54, 1.807) is 24.6 Å². The van der Waals surface area contributed by atoms with Crippen molar-refractivity contribution in [1.82, 2.24) is 29.4 Å². The summed E-state index contributed by atoms with van der Waals surface area (Å²) in [7, 11) is 0. The zero-order valence-electron chi connectivity index (χ0n) is 18.4. The number of carboxylic acid groups (broad SMARTS) is 1. The number of hydrogen-bond donors (Lipinski definition) is 3. The molecule has 0 spiro atoms. The Morgan fingerprint density at radius 1 is 1.18 bits per heavy atom. The first kappa shape index (κ1) is 22.5. The van der Waals surface area contributed by atoms with Crippen LogP contribution < -0.4 is 22.0 Å². The fourth-order valence-electron chi connectivity index (χ4n) is 3.43. The summed E-state index contributed by atoms with van der Waals surface area (Å²) in [5, 5.41) is 24.2. The monoisotopic (exact) mass is 461 g/mol. The summed E-state index contributed by atoms with van der Waals surface area (Å²) in [6.07, 6.45) is 5.09. The van der Waals surface area contributed by atoms with E-state index in [0.29, 0.717) is 35.3 Å². The number of carbonyl (C=O) groups excluding carboxylic acids is 1. The lowest BCUT2D eigenvalue weighted by molar-refractivity contribution is -0.302. The number of aromatic nitrogens is 6. The molecule has 174 valence electrons. The van der Waals surface area contributed by atoms with E-state index >= 15 is 0 Å². The molecule has 0 fully saturated rings. The van der Waals surface area contributed by atoms with Crippen LogP contribution in [-0.2, 0) is 17.8 Å². The van der Waals surface area contributed by atoms with E-state index in [4.69, 9.17) is 31.2 Å². The number of anilines is 1. The second-order valence-corrected chi connectivity index (χ2v) is 7.47. The lowest BCUT2D eigenvalue weighted by Gasteiger charge is -2.05. The predicted octanol–water partition coefficient (Wildman–Crippen LogP) is -0.830. The maximum Gasteiger partial charge on any atom is 0.270 e. The predicted molar refractivity (Wildman–Crippen MR) is 122 cm³/mol. The molecule has 0 aliphatic rings. The highest BCUT2D eigenvalue weighted by Crippen LogP contribution is 2.23. The van der Waals surface area contributed by atoms with Gasteiger partial charge in [0.25, 0.3) is 5.84 Å². The summed E-state index contributed by atoms with van der Waals surface area (Å²) < 4.78 is 8.73. The first-order valence-corrected chi connectivity index (χ1v) is 10.4. The van der Waals surface area contributed by atoms with Gasteiger partial charge in [-0.15, -0.1) is 5.10 Å². The molecule has 5 rings (SSSR count). The number of carboxylic acids is 1. The number of hydrogen-bond acceptors (Lipinski definition) is 8. The smallest absolute Gasteiger partial charge is 0.270 e. The van der Waals surface area contributed by atoms with Crippen LogP contribution in [0.25, 0.3) is 28.3 Å². The minimum atomic E-state index is -1.08. The summed E-state index contributed by atoms with van der Waals surface area (Å²) in [5.74, 6) is 0.505. The molecule has 34 heavy (non-hydrogen) atoms. The van der Waals surface area contributed by atoms with Crippen molar-refractivity contribution in [3.05, 3.63) is 60.0 Å². The Kier molecular flexibility index (Phi) is 6.21. The molecule has 6 N–H and O–H groups in total. The highest BCUT2D eigenvalue weighted by molar-refractivity contribution is 5.92. The van der Waals surface area contributed by atoms with Gasteiger partial charge < -0.3 is 20.1 Å². The summed E-state index contributed by atoms with van der Waals surface area (Å²) >= 11 is 0. The van der Waals surface area contributed by atoms with Crippen LogP contribution in [0.1, 0.15) is 24.5 Å². The molecule has 0 aliphatic carbocycles. The second-order valence-electron chi connectivity index (χ2n) is 7.47. The van der Waals surface area contributed by atoms with Gasteiger partial charge in [0.05, 0.1) is 23.4 Å². The van der Waals surface area contributed by atoms with Crippen molar-refractivity contribution >= 4 is 34.4 Å². The lowest BCUT2D eigenvalue weighted by Crippen LogP contribution is -2.46.